The first kappa shape index (κ1) is 17.6. The van der Waals surface area contributed by atoms with Crippen LogP contribution in [0.15, 0.2) is 36.5 Å². The molecule has 0 bridgehead atoms. The zero-order valence-corrected chi connectivity index (χ0v) is 16.1. The van der Waals surface area contributed by atoms with E-state index in [4.69, 9.17) is 0 Å². The van der Waals surface area contributed by atoms with Crippen LogP contribution in [0.25, 0.3) is 5.78 Å². The number of imidazole rings is 1. The molecule has 0 radical (unpaired) electrons. The number of benzene rings is 1. The summed E-state index contributed by atoms with van der Waals surface area (Å²) in [6.45, 7) is 13.8. The summed E-state index contributed by atoms with van der Waals surface area (Å²) in [5.74, 6) is 0.775. The lowest BCUT2D eigenvalue weighted by molar-refractivity contribution is 0.270. The van der Waals surface area contributed by atoms with Gasteiger partial charge in [0.1, 0.15) is 0 Å². The molecule has 3 aromatic rings. The van der Waals surface area contributed by atoms with Crippen molar-refractivity contribution in [1.82, 2.24) is 19.7 Å². The summed E-state index contributed by atoms with van der Waals surface area (Å²) in [4.78, 5) is 9.01. The minimum atomic E-state index is 0.109. The molecule has 1 N–H and O–H groups in total. The number of hydrogen-bond acceptors (Lipinski definition) is 3. The lowest BCUT2D eigenvalue weighted by Crippen LogP contribution is -2.32. The maximum absolute atomic E-state index is 4.53. The van der Waals surface area contributed by atoms with Crippen molar-refractivity contribution >= 4 is 5.78 Å². The largest absolute Gasteiger partial charge is 0.304 e. The lowest BCUT2D eigenvalue weighted by atomic mass is 9.82. The van der Waals surface area contributed by atoms with Gasteiger partial charge in [-0.3, -0.25) is 4.40 Å². The van der Waals surface area contributed by atoms with Crippen LogP contribution in [0.4, 0.5) is 0 Å². The zero-order valence-electron chi connectivity index (χ0n) is 16.1. The van der Waals surface area contributed by atoms with E-state index in [1.165, 1.54) is 16.8 Å². The quantitative estimate of drug-likeness (QED) is 0.761. The standard InChI is InChI=1S/C21H28N4/c1-14-8-7-9-17(10-14)19(21(4,5)6)22-12-18-13-23-20-24-15(2)11-16(3)25(18)20/h7-11,13,19,22H,12H2,1-6H3/t19-/m1/s1. The summed E-state index contributed by atoms with van der Waals surface area (Å²) in [5.41, 5.74) is 6.04. The number of fused-ring (bicyclic) bond motifs is 1. The lowest BCUT2D eigenvalue weighted by Gasteiger charge is -2.32. The first-order valence-electron chi connectivity index (χ1n) is 8.86. The van der Waals surface area contributed by atoms with Gasteiger partial charge < -0.3 is 5.32 Å². The van der Waals surface area contributed by atoms with E-state index in [1.54, 1.807) is 0 Å². The first-order valence-corrected chi connectivity index (χ1v) is 8.86. The summed E-state index contributed by atoms with van der Waals surface area (Å²) in [6.07, 6.45) is 1.93. The van der Waals surface area contributed by atoms with Crippen LogP contribution in [0.2, 0.25) is 0 Å². The van der Waals surface area contributed by atoms with Crippen LogP contribution in [0.3, 0.4) is 0 Å². The SMILES string of the molecule is Cc1cccc([C@@H](NCc2cnc3nc(C)cc(C)n23)C(C)(C)C)c1. The number of hydrogen-bond donors (Lipinski definition) is 1. The maximum atomic E-state index is 4.53. The monoisotopic (exact) mass is 336 g/mol. The summed E-state index contributed by atoms with van der Waals surface area (Å²) >= 11 is 0. The van der Waals surface area contributed by atoms with Gasteiger partial charge in [-0.05, 0) is 37.8 Å². The van der Waals surface area contributed by atoms with Crippen molar-refractivity contribution in [3.8, 4) is 0 Å². The van der Waals surface area contributed by atoms with Crippen molar-refractivity contribution < 1.29 is 0 Å². The predicted molar refractivity (Wildman–Crippen MR) is 103 cm³/mol. The van der Waals surface area contributed by atoms with Crippen LogP contribution in [-0.2, 0) is 6.54 Å². The second-order valence-electron chi connectivity index (χ2n) is 8.02. The topological polar surface area (TPSA) is 42.2 Å². The van der Waals surface area contributed by atoms with Crippen LogP contribution in [-0.4, -0.2) is 14.4 Å². The average molecular weight is 336 g/mol. The Morgan fingerprint density at radius 1 is 1.12 bits per heavy atom. The highest BCUT2D eigenvalue weighted by atomic mass is 15.1. The third-order valence-electron chi connectivity index (χ3n) is 4.59. The fraction of sp³-hybridized carbons (Fsp3) is 0.429. The molecule has 0 saturated carbocycles. The minimum absolute atomic E-state index is 0.109. The fourth-order valence-electron chi connectivity index (χ4n) is 3.50. The highest BCUT2D eigenvalue weighted by Gasteiger charge is 2.26. The summed E-state index contributed by atoms with van der Waals surface area (Å²) < 4.78 is 2.13. The molecule has 1 aromatic carbocycles. The van der Waals surface area contributed by atoms with E-state index in [1.807, 2.05) is 13.1 Å². The van der Waals surface area contributed by atoms with Gasteiger partial charge in [0.2, 0.25) is 5.78 Å². The second kappa shape index (κ2) is 6.60. The van der Waals surface area contributed by atoms with Gasteiger partial charge >= 0.3 is 0 Å². The molecule has 0 fully saturated rings. The molecule has 4 heteroatoms. The van der Waals surface area contributed by atoms with Crippen LogP contribution in [0, 0.1) is 26.2 Å². The zero-order chi connectivity index (χ0) is 18.2. The summed E-state index contributed by atoms with van der Waals surface area (Å²) in [7, 11) is 0. The molecular formula is C21H28N4. The summed E-state index contributed by atoms with van der Waals surface area (Å²) in [5, 5.41) is 3.75. The van der Waals surface area contributed by atoms with Crippen LogP contribution in [0.1, 0.15) is 55.0 Å². The molecule has 2 heterocycles. The van der Waals surface area contributed by atoms with E-state index >= 15 is 0 Å². The summed E-state index contributed by atoms with van der Waals surface area (Å²) in [6, 6.07) is 11.1. The molecule has 0 aliphatic rings. The number of aryl methyl sites for hydroxylation is 3. The van der Waals surface area contributed by atoms with Gasteiger partial charge in [-0.15, -0.1) is 0 Å². The average Bonchev–Trinajstić information content (AvgIpc) is 2.89. The van der Waals surface area contributed by atoms with Crippen molar-refractivity contribution in [2.75, 3.05) is 0 Å². The van der Waals surface area contributed by atoms with Gasteiger partial charge in [0.05, 0.1) is 11.9 Å². The van der Waals surface area contributed by atoms with E-state index in [-0.39, 0.29) is 11.5 Å². The maximum Gasteiger partial charge on any atom is 0.234 e. The molecule has 0 spiro atoms. The molecule has 0 unspecified atom stereocenters. The smallest absolute Gasteiger partial charge is 0.234 e. The highest BCUT2D eigenvalue weighted by molar-refractivity contribution is 5.35. The van der Waals surface area contributed by atoms with Crippen molar-refractivity contribution in [3.05, 3.63) is 64.7 Å². The van der Waals surface area contributed by atoms with E-state index in [2.05, 4.69) is 84.6 Å². The Hall–Kier alpha value is -2.20. The molecular weight excluding hydrogens is 308 g/mol. The Bertz CT molecular complexity index is 887. The molecule has 0 aliphatic heterocycles. The van der Waals surface area contributed by atoms with E-state index in [0.29, 0.717) is 0 Å². The Labute approximate surface area is 150 Å². The van der Waals surface area contributed by atoms with Crippen molar-refractivity contribution in [2.45, 2.75) is 54.1 Å². The van der Waals surface area contributed by atoms with Gasteiger partial charge in [-0.2, -0.15) is 0 Å². The molecule has 0 amide bonds. The van der Waals surface area contributed by atoms with Gasteiger partial charge in [-0.1, -0.05) is 50.6 Å². The molecule has 0 aliphatic carbocycles. The highest BCUT2D eigenvalue weighted by Crippen LogP contribution is 2.33. The third-order valence-corrected chi connectivity index (χ3v) is 4.59. The van der Waals surface area contributed by atoms with Crippen LogP contribution >= 0.6 is 0 Å². The van der Waals surface area contributed by atoms with Gasteiger partial charge in [0.15, 0.2) is 0 Å². The van der Waals surface area contributed by atoms with Gasteiger partial charge in [0.25, 0.3) is 0 Å². The normalized spacial score (nSPS) is 13.4. The molecule has 3 rings (SSSR count). The minimum Gasteiger partial charge on any atom is -0.304 e. The Balaban J connectivity index is 1.90. The first-order chi connectivity index (χ1) is 11.8. The van der Waals surface area contributed by atoms with Crippen LogP contribution in [0.5, 0.6) is 0 Å². The third kappa shape index (κ3) is 3.74. The van der Waals surface area contributed by atoms with E-state index < -0.39 is 0 Å². The van der Waals surface area contributed by atoms with Gasteiger partial charge in [0, 0.05) is 24.0 Å². The molecule has 1 atom stereocenters. The molecule has 2 aromatic heterocycles. The van der Waals surface area contributed by atoms with Crippen molar-refractivity contribution in [3.63, 3.8) is 0 Å². The van der Waals surface area contributed by atoms with E-state index in [9.17, 15) is 0 Å². The second-order valence-corrected chi connectivity index (χ2v) is 8.02. The predicted octanol–water partition coefficient (Wildman–Crippen LogP) is 4.53. The number of aromatic nitrogens is 3. The Kier molecular flexibility index (Phi) is 4.65. The molecule has 132 valence electrons. The number of rotatable bonds is 4. The number of nitrogens with one attached hydrogen (secondary N) is 1. The Morgan fingerprint density at radius 3 is 2.56 bits per heavy atom. The van der Waals surface area contributed by atoms with Crippen molar-refractivity contribution in [1.29, 1.82) is 0 Å². The number of nitrogens with zero attached hydrogens (tertiary/aromatic N) is 3. The van der Waals surface area contributed by atoms with E-state index in [0.717, 1.165) is 23.7 Å². The molecule has 0 saturated heterocycles. The Morgan fingerprint density at radius 2 is 1.88 bits per heavy atom. The van der Waals surface area contributed by atoms with Gasteiger partial charge in [-0.25, -0.2) is 9.97 Å². The molecule has 4 nitrogen and oxygen atoms in total. The fourth-order valence-corrected chi connectivity index (χ4v) is 3.50. The molecule has 25 heavy (non-hydrogen) atoms. The van der Waals surface area contributed by atoms with Crippen molar-refractivity contribution in [2.24, 2.45) is 5.41 Å². The van der Waals surface area contributed by atoms with Crippen LogP contribution < -0.4 is 5.32 Å².